The van der Waals surface area contributed by atoms with Crippen LogP contribution in [-0.4, -0.2) is 15.2 Å². The maximum atomic E-state index is 10.9. The lowest BCUT2D eigenvalue weighted by atomic mass is 10.2. The number of nitro benzene ring substituents is 1. The first-order valence-corrected chi connectivity index (χ1v) is 6.69. The molecule has 1 heterocycles. The van der Waals surface area contributed by atoms with Gasteiger partial charge in [-0.3, -0.25) is 10.1 Å². The number of hydrogen-bond acceptors (Lipinski definition) is 6. The van der Waals surface area contributed by atoms with Crippen molar-refractivity contribution in [2.75, 3.05) is 0 Å². The number of non-ortho nitro benzene ring substituents is 1. The predicted octanol–water partition coefficient (Wildman–Crippen LogP) is 3.99. The van der Waals surface area contributed by atoms with Crippen molar-refractivity contribution in [3.8, 4) is 11.5 Å². The van der Waals surface area contributed by atoms with Crippen LogP contribution < -0.4 is 4.74 Å². The molecule has 2 aromatic carbocycles. The molecule has 0 unspecified atom stereocenters. The Balaban J connectivity index is 2.05. The molecule has 21 heavy (non-hydrogen) atoms. The molecule has 0 spiro atoms. The summed E-state index contributed by atoms with van der Waals surface area (Å²) in [6, 6.07) is 8.26. The van der Waals surface area contributed by atoms with E-state index in [9.17, 15) is 10.1 Å². The minimum absolute atomic E-state index is 0.0614. The van der Waals surface area contributed by atoms with Gasteiger partial charge in [-0.05, 0) is 47.1 Å². The molecule has 7 nitrogen and oxygen atoms in total. The monoisotopic (exact) mass is 349 g/mol. The fourth-order valence-corrected chi connectivity index (χ4v) is 2.11. The Labute approximate surface area is 126 Å². The van der Waals surface area contributed by atoms with Crippen LogP contribution in [0.25, 0.3) is 11.0 Å². The molecule has 0 fully saturated rings. The van der Waals surface area contributed by atoms with Gasteiger partial charge in [0.25, 0.3) is 0 Å². The maximum absolute atomic E-state index is 10.9. The van der Waals surface area contributed by atoms with E-state index in [4.69, 9.17) is 4.74 Å². The van der Waals surface area contributed by atoms with E-state index in [1.165, 1.54) is 12.1 Å². The molecule has 0 aliphatic heterocycles. The Bertz CT molecular complexity index is 847. The van der Waals surface area contributed by atoms with E-state index < -0.39 is 4.92 Å². The third-order valence-electron chi connectivity index (χ3n) is 2.91. The lowest BCUT2D eigenvalue weighted by molar-refractivity contribution is -0.383. The average molecular weight is 350 g/mol. The van der Waals surface area contributed by atoms with E-state index >= 15 is 0 Å². The second-order valence-electron chi connectivity index (χ2n) is 4.31. The molecule has 3 rings (SSSR count). The summed E-state index contributed by atoms with van der Waals surface area (Å²) in [6.07, 6.45) is 0. The van der Waals surface area contributed by atoms with Gasteiger partial charge in [0.05, 0.1) is 4.92 Å². The number of ether oxygens (including phenoxy) is 1. The SMILES string of the molecule is Cc1cc(Oc2ccc([N+](=O)[O-])c3nonc23)ccc1Br. The molecule has 0 aliphatic carbocycles. The summed E-state index contributed by atoms with van der Waals surface area (Å²) >= 11 is 3.41. The third-order valence-corrected chi connectivity index (χ3v) is 3.80. The first kappa shape index (κ1) is 13.5. The highest BCUT2D eigenvalue weighted by molar-refractivity contribution is 9.10. The minimum Gasteiger partial charge on any atom is -0.455 e. The van der Waals surface area contributed by atoms with Crippen LogP contribution in [0.15, 0.2) is 39.4 Å². The molecule has 0 N–H and O–H groups in total. The molecule has 106 valence electrons. The molecule has 3 aromatic rings. The maximum Gasteiger partial charge on any atom is 0.301 e. The molecule has 0 amide bonds. The van der Waals surface area contributed by atoms with Crippen LogP contribution >= 0.6 is 15.9 Å². The molecule has 0 saturated heterocycles. The third kappa shape index (κ3) is 2.45. The van der Waals surface area contributed by atoms with Crippen LogP contribution in [0.1, 0.15) is 5.56 Å². The zero-order valence-corrected chi connectivity index (χ0v) is 12.3. The number of nitro groups is 1. The van der Waals surface area contributed by atoms with Crippen molar-refractivity contribution in [2.24, 2.45) is 0 Å². The second-order valence-corrected chi connectivity index (χ2v) is 5.17. The predicted molar refractivity (Wildman–Crippen MR) is 77.4 cm³/mol. The average Bonchev–Trinajstić information content (AvgIpc) is 2.92. The molecular weight excluding hydrogens is 342 g/mol. The summed E-state index contributed by atoms with van der Waals surface area (Å²) in [5.74, 6) is 0.937. The summed E-state index contributed by atoms with van der Waals surface area (Å²) < 4.78 is 11.3. The highest BCUT2D eigenvalue weighted by atomic mass is 79.9. The molecule has 0 bridgehead atoms. The molecule has 8 heteroatoms. The highest BCUT2D eigenvalue weighted by Crippen LogP contribution is 2.34. The smallest absolute Gasteiger partial charge is 0.301 e. The van der Waals surface area contributed by atoms with Gasteiger partial charge in [-0.25, -0.2) is 4.63 Å². The molecular formula is C13H8BrN3O4. The van der Waals surface area contributed by atoms with E-state index in [0.29, 0.717) is 11.5 Å². The number of rotatable bonds is 3. The number of fused-ring (bicyclic) bond motifs is 1. The fraction of sp³-hybridized carbons (Fsp3) is 0.0769. The molecule has 0 aliphatic rings. The van der Waals surface area contributed by atoms with Crippen LogP contribution in [-0.2, 0) is 0 Å². The Morgan fingerprint density at radius 3 is 2.71 bits per heavy atom. The van der Waals surface area contributed by atoms with Crippen molar-refractivity contribution in [1.29, 1.82) is 0 Å². The van der Waals surface area contributed by atoms with Gasteiger partial charge < -0.3 is 4.74 Å². The molecule has 0 radical (unpaired) electrons. The summed E-state index contributed by atoms with van der Waals surface area (Å²) in [5, 5.41) is 18.1. The number of nitrogens with zero attached hydrogens (tertiary/aromatic N) is 3. The summed E-state index contributed by atoms with van der Waals surface area (Å²) in [7, 11) is 0. The van der Waals surface area contributed by atoms with Crippen molar-refractivity contribution >= 4 is 32.7 Å². The van der Waals surface area contributed by atoms with Gasteiger partial charge in [-0.2, -0.15) is 0 Å². The van der Waals surface area contributed by atoms with Crippen LogP contribution in [0.2, 0.25) is 0 Å². The summed E-state index contributed by atoms with van der Waals surface area (Å²) in [4.78, 5) is 10.4. The lowest BCUT2D eigenvalue weighted by Crippen LogP contribution is -1.92. The first-order chi connectivity index (χ1) is 10.1. The van der Waals surface area contributed by atoms with Gasteiger partial charge in [0.2, 0.25) is 5.52 Å². The van der Waals surface area contributed by atoms with E-state index in [2.05, 4.69) is 30.9 Å². The Morgan fingerprint density at radius 1 is 1.24 bits per heavy atom. The number of aryl methyl sites for hydroxylation is 1. The fourth-order valence-electron chi connectivity index (χ4n) is 1.87. The second kappa shape index (κ2) is 5.13. The molecule has 0 atom stereocenters. The summed E-state index contributed by atoms with van der Waals surface area (Å²) in [6.45, 7) is 1.93. The normalized spacial score (nSPS) is 10.8. The van der Waals surface area contributed by atoms with Crippen molar-refractivity contribution in [3.05, 3.63) is 50.5 Å². The van der Waals surface area contributed by atoms with E-state index in [0.717, 1.165) is 10.0 Å². The quantitative estimate of drug-likeness (QED) is 0.524. The Morgan fingerprint density at radius 2 is 2.00 bits per heavy atom. The first-order valence-electron chi connectivity index (χ1n) is 5.90. The Hall–Kier alpha value is -2.48. The van der Waals surface area contributed by atoms with E-state index in [1.54, 1.807) is 6.07 Å². The zero-order valence-electron chi connectivity index (χ0n) is 10.7. The van der Waals surface area contributed by atoms with E-state index in [-0.39, 0.29) is 16.7 Å². The highest BCUT2D eigenvalue weighted by Gasteiger charge is 2.20. The van der Waals surface area contributed by atoms with Gasteiger partial charge >= 0.3 is 5.69 Å². The van der Waals surface area contributed by atoms with Gasteiger partial charge in [0.15, 0.2) is 11.3 Å². The van der Waals surface area contributed by atoms with Crippen LogP contribution in [0.4, 0.5) is 5.69 Å². The zero-order chi connectivity index (χ0) is 15.0. The Kier molecular flexibility index (Phi) is 3.30. The van der Waals surface area contributed by atoms with Gasteiger partial charge in [0, 0.05) is 10.5 Å². The van der Waals surface area contributed by atoms with Crippen molar-refractivity contribution in [3.63, 3.8) is 0 Å². The lowest BCUT2D eigenvalue weighted by Gasteiger charge is -2.07. The number of hydrogen-bond donors (Lipinski definition) is 0. The van der Waals surface area contributed by atoms with Crippen LogP contribution in [0.5, 0.6) is 11.5 Å². The van der Waals surface area contributed by atoms with Crippen molar-refractivity contribution in [2.45, 2.75) is 6.92 Å². The van der Waals surface area contributed by atoms with Crippen LogP contribution in [0, 0.1) is 17.0 Å². The topological polar surface area (TPSA) is 91.3 Å². The number of halogens is 1. The molecule has 0 saturated carbocycles. The van der Waals surface area contributed by atoms with Gasteiger partial charge in [-0.15, -0.1) is 0 Å². The summed E-state index contributed by atoms with van der Waals surface area (Å²) in [5.41, 5.74) is 1.10. The molecule has 1 aromatic heterocycles. The largest absolute Gasteiger partial charge is 0.455 e. The van der Waals surface area contributed by atoms with Crippen LogP contribution in [0.3, 0.4) is 0 Å². The van der Waals surface area contributed by atoms with Crippen molar-refractivity contribution < 1.29 is 14.3 Å². The van der Waals surface area contributed by atoms with E-state index in [1.807, 2.05) is 19.1 Å². The van der Waals surface area contributed by atoms with Gasteiger partial charge in [0.1, 0.15) is 5.75 Å². The minimum atomic E-state index is -0.542. The number of aromatic nitrogens is 2. The standard InChI is InChI=1S/C13H8BrN3O4/c1-7-6-8(2-3-9(7)14)20-11-5-4-10(17(18)19)12-13(11)16-21-15-12/h2-6H,1H3. The van der Waals surface area contributed by atoms with Gasteiger partial charge in [-0.1, -0.05) is 15.9 Å². The van der Waals surface area contributed by atoms with Crippen molar-refractivity contribution in [1.82, 2.24) is 10.3 Å². The number of benzene rings is 2.